The molecule has 16 heavy (non-hydrogen) atoms. The molecule has 1 heterocycles. The number of nitrogens with zero attached hydrogens (tertiary/aromatic N) is 3. The van der Waals surface area contributed by atoms with Gasteiger partial charge in [0.25, 0.3) is 0 Å². The van der Waals surface area contributed by atoms with Gasteiger partial charge in [-0.2, -0.15) is 0 Å². The second kappa shape index (κ2) is 5.06. The third kappa shape index (κ3) is 2.91. The first-order valence-electron chi connectivity index (χ1n) is 4.43. The number of carbonyl (C=O) groups is 1. The van der Waals surface area contributed by atoms with Crippen LogP contribution in [0.2, 0.25) is 0 Å². The highest BCUT2D eigenvalue weighted by molar-refractivity contribution is 5.75. The van der Waals surface area contributed by atoms with Gasteiger partial charge in [0.15, 0.2) is 6.20 Å². The molecule has 7 heteroatoms. The summed E-state index contributed by atoms with van der Waals surface area (Å²) in [6.07, 6.45) is 1.33. The first-order chi connectivity index (χ1) is 7.54. The average molecular weight is 225 g/mol. The third-order valence-corrected chi connectivity index (χ3v) is 1.95. The minimum atomic E-state index is -0.579. The normalized spacial score (nSPS) is 9.62. The third-order valence-electron chi connectivity index (χ3n) is 1.95. The average Bonchev–Trinajstić information content (AvgIpc) is 2.28. The highest BCUT2D eigenvalue weighted by Crippen LogP contribution is 2.14. The Bertz CT molecular complexity index is 390. The maximum Gasteiger partial charge on any atom is 0.363 e. The number of nitro groups is 1. The zero-order valence-electron chi connectivity index (χ0n) is 8.91. The first-order valence-corrected chi connectivity index (χ1v) is 4.43. The van der Waals surface area contributed by atoms with Crippen molar-refractivity contribution in [3.63, 3.8) is 0 Å². The Kier molecular flexibility index (Phi) is 3.76. The maximum absolute atomic E-state index is 11.0. The fourth-order valence-corrected chi connectivity index (χ4v) is 1.06. The van der Waals surface area contributed by atoms with Crippen LogP contribution < -0.4 is 4.90 Å². The Morgan fingerprint density at radius 2 is 2.31 bits per heavy atom. The smallest absolute Gasteiger partial charge is 0.363 e. The number of methoxy groups -OCH3 is 1. The maximum atomic E-state index is 11.0. The lowest BCUT2D eigenvalue weighted by molar-refractivity contribution is -0.389. The zero-order valence-corrected chi connectivity index (χ0v) is 8.91. The molecule has 1 rings (SSSR count). The molecule has 0 fully saturated rings. The van der Waals surface area contributed by atoms with Crippen LogP contribution in [-0.2, 0) is 9.53 Å². The van der Waals surface area contributed by atoms with Crippen molar-refractivity contribution in [3.8, 4) is 0 Å². The van der Waals surface area contributed by atoms with Crippen LogP contribution in [0.5, 0.6) is 0 Å². The Hall–Kier alpha value is -2.18. The van der Waals surface area contributed by atoms with Gasteiger partial charge in [0, 0.05) is 13.1 Å². The van der Waals surface area contributed by atoms with Crippen molar-refractivity contribution in [2.24, 2.45) is 0 Å². The Morgan fingerprint density at radius 3 is 2.75 bits per heavy atom. The zero-order chi connectivity index (χ0) is 12.1. The Labute approximate surface area is 91.8 Å². The highest BCUT2D eigenvalue weighted by Gasteiger charge is 2.11. The van der Waals surface area contributed by atoms with E-state index in [2.05, 4.69) is 9.72 Å². The number of anilines is 1. The van der Waals surface area contributed by atoms with Crippen molar-refractivity contribution in [3.05, 3.63) is 28.4 Å². The molecule has 0 aliphatic carbocycles. The molecule has 0 unspecified atom stereocenters. The molecular weight excluding hydrogens is 214 g/mol. The number of hydrogen-bond donors (Lipinski definition) is 0. The number of hydrogen-bond acceptors (Lipinski definition) is 6. The van der Waals surface area contributed by atoms with Gasteiger partial charge in [-0.15, -0.1) is 0 Å². The number of pyridine rings is 1. The summed E-state index contributed by atoms with van der Waals surface area (Å²) in [6.45, 7) is 0.0655. The topological polar surface area (TPSA) is 85.6 Å². The van der Waals surface area contributed by atoms with Crippen LogP contribution in [0.4, 0.5) is 11.5 Å². The van der Waals surface area contributed by atoms with Crippen molar-refractivity contribution >= 4 is 17.5 Å². The molecule has 0 spiro atoms. The van der Waals surface area contributed by atoms with Gasteiger partial charge in [0.1, 0.15) is 6.54 Å². The second-order valence-electron chi connectivity index (χ2n) is 3.06. The standard InChI is InChI=1S/C9H11N3O4/c1-11(6-9(13)16-2)7-3-4-8(10-5-7)12(14)15/h3-5H,6H2,1-2H3. The monoisotopic (exact) mass is 225 g/mol. The molecule has 1 aromatic heterocycles. The van der Waals surface area contributed by atoms with Crippen molar-refractivity contribution in [2.75, 3.05) is 25.6 Å². The fourth-order valence-electron chi connectivity index (χ4n) is 1.06. The molecule has 0 aliphatic rings. The minimum absolute atomic E-state index is 0.0655. The molecule has 0 saturated carbocycles. The summed E-state index contributed by atoms with van der Waals surface area (Å²) >= 11 is 0. The molecule has 0 saturated heterocycles. The fraction of sp³-hybridized carbons (Fsp3) is 0.333. The largest absolute Gasteiger partial charge is 0.468 e. The Balaban J connectivity index is 2.73. The van der Waals surface area contributed by atoms with E-state index >= 15 is 0 Å². The quantitative estimate of drug-likeness (QED) is 0.423. The number of esters is 1. The molecule has 0 radical (unpaired) electrons. The van der Waals surface area contributed by atoms with Gasteiger partial charge in [-0.3, -0.25) is 4.79 Å². The predicted octanol–water partition coefficient (Wildman–Crippen LogP) is 0.599. The number of carbonyl (C=O) groups excluding carboxylic acids is 1. The van der Waals surface area contributed by atoms with Gasteiger partial charge in [-0.25, -0.2) is 0 Å². The number of rotatable bonds is 4. The molecule has 0 atom stereocenters. The van der Waals surface area contributed by atoms with Crippen molar-refractivity contribution in [1.82, 2.24) is 4.98 Å². The first kappa shape index (κ1) is 11.9. The second-order valence-corrected chi connectivity index (χ2v) is 3.06. The summed E-state index contributed by atoms with van der Waals surface area (Å²) in [5, 5.41) is 10.4. The number of aromatic nitrogens is 1. The molecule has 0 aliphatic heterocycles. The van der Waals surface area contributed by atoms with E-state index in [-0.39, 0.29) is 18.3 Å². The lowest BCUT2D eigenvalue weighted by Crippen LogP contribution is -2.26. The number of ether oxygens (including phenoxy) is 1. The van der Waals surface area contributed by atoms with E-state index in [1.165, 1.54) is 25.4 Å². The molecule has 0 N–H and O–H groups in total. The molecule has 0 bridgehead atoms. The van der Waals surface area contributed by atoms with Crippen LogP contribution in [0.25, 0.3) is 0 Å². The molecule has 7 nitrogen and oxygen atoms in total. The summed E-state index contributed by atoms with van der Waals surface area (Å²) in [4.78, 5) is 26.0. The lowest BCUT2D eigenvalue weighted by Gasteiger charge is -2.15. The molecule has 86 valence electrons. The van der Waals surface area contributed by atoms with Gasteiger partial charge in [-0.1, -0.05) is 0 Å². The minimum Gasteiger partial charge on any atom is -0.468 e. The van der Waals surface area contributed by atoms with Gasteiger partial charge >= 0.3 is 11.8 Å². The Morgan fingerprint density at radius 1 is 1.62 bits per heavy atom. The van der Waals surface area contributed by atoms with Crippen LogP contribution in [0.15, 0.2) is 18.3 Å². The summed E-state index contributed by atoms with van der Waals surface area (Å²) in [5.74, 6) is -0.615. The molecular formula is C9H11N3O4. The highest BCUT2D eigenvalue weighted by atomic mass is 16.6. The van der Waals surface area contributed by atoms with Crippen LogP contribution in [0.1, 0.15) is 0 Å². The van der Waals surface area contributed by atoms with E-state index in [1.54, 1.807) is 11.9 Å². The SMILES string of the molecule is COC(=O)CN(C)c1ccc([N+](=O)[O-])nc1. The van der Waals surface area contributed by atoms with E-state index in [0.717, 1.165) is 0 Å². The van der Waals surface area contributed by atoms with Crippen molar-refractivity contribution in [2.45, 2.75) is 0 Å². The van der Waals surface area contributed by atoms with Gasteiger partial charge in [0.2, 0.25) is 0 Å². The summed E-state index contributed by atoms with van der Waals surface area (Å²) in [7, 11) is 2.96. The van der Waals surface area contributed by atoms with E-state index in [4.69, 9.17) is 0 Å². The van der Waals surface area contributed by atoms with E-state index < -0.39 is 4.92 Å². The molecule has 0 aromatic carbocycles. The van der Waals surface area contributed by atoms with E-state index in [0.29, 0.717) is 5.69 Å². The van der Waals surface area contributed by atoms with Gasteiger partial charge in [0.05, 0.1) is 12.8 Å². The predicted molar refractivity (Wildman–Crippen MR) is 56.2 cm³/mol. The summed E-state index contributed by atoms with van der Waals surface area (Å²) in [5.41, 5.74) is 0.607. The van der Waals surface area contributed by atoms with E-state index in [9.17, 15) is 14.9 Å². The molecule has 1 aromatic rings. The lowest BCUT2D eigenvalue weighted by atomic mass is 10.3. The summed E-state index contributed by atoms with van der Waals surface area (Å²) in [6, 6.07) is 2.80. The van der Waals surface area contributed by atoms with Crippen LogP contribution >= 0.6 is 0 Å². The van der Waals surface area contributed by atoms with E-state index in [1.807, 2.05) is 0 Å². The molecule has 0 amide bonds. The van der Waals surface area contributed by atoms with Gasteiger partial charge < -0.3 is 19.8 Å². The van der Waals surface area contributed by atoms with Crippen LogP contribution in [-0.4, -0.2) is 36.6 Å². The van der Waals surface area contributed by atoms with Crippen LogP contribution in [0, 0.1) is 10.1 Å². The van der Waals surface area contributed by atoms with Crippen LogP contribution in [0.3, 0.4) is 0 Å². The van der Waals surface area contributed by atoms with Crippen molar-refractivity contribution < 1.29 is 14.5 Å². The van der Waals surface area contributed by atoms with Crippen molar-refractivity contribution in [1.29, 1.82) is 0 Å². The number of likely N-dealkylation sites (N-methyl/N-ethyl adjacent to an activating group) is 1. The van der Waals surface area contributed by atoms with Gasteiger partial charge in [-0.05, 0) is 16.0 Å². The summed E-state index contributed by atoms with van der Waals surface area (Å²) < 4.78 is 4.50.